The number of nitrogens with one attached hydrogen (secondary N) is 1. The highest BCUT2D eigenvalue weighted by atomic mass is 16.5. The van der Waals surface area contributed by atoms with Crippen molar-refractivity contribution in [2.75, 3.05) is 26.8 Å². The van der Waals surface area contributed by atoms with E-state index >= 15 is 0 Å². The molecule has 0 radical (unpaired) electrons. The second-order valence-electron chi connectivity index (χ2n) is 5.56. The number of methoxy groups -OCH3 is 1. The van der Waals surface area contributed by atoms with Crippen molar-refractivity contribution >= 4 is 5.91 Å². The lowest BCUT2D eigenvalue weighted by Crippen LogP contribution is -2.47. The van der Waals surface area contributed by atoms with Crippen molar-refractivity contribution in [2.24, 2.45) is 5.73 Å². The van der Waals surface area contributed by atoms with Gasteiger partial charge in [-0.05, 0) is 19.3 Å². The van der Waals surface area contributed by atoms with E-state index in [0.29, 0.717) is 6.04 Å². The van der Waals surface area contributed by atoms with E-state index in [0.717, 1.165) is 39.0 Å². The van der Waals surface area contributed by atoms with E-state index in [-0.39, 0.29) is 18.0 Å². The van der Waals surface area contributed by atoms with Crippen LogP contribution in [0.25, 0.3) is 0 Å². The number of hydrogen-bond acceptors (Lipinski definition) is 4. The van der Waals surface area contributed by atoms with Crippen LogP contribution in [0.5, 0.6) is 0 Å². The first-order valence-corrected chi connectivity index (χ1v) is 7.74. The van der Waals surface area contributed by atoms with Crippen molar-refractivity contribution in [2.45, 2.75) is 65.1 Å². The summed E-state index contributed by atoms with van der Waals surface area (Å²) in [5.74, 6) is -0.269. The number of carbonyl (C=O) groups is 1. The Morgan fingerprint density at radius 3 is 2.25 bits per heavy atom. The van der Waals surface area contributed by atoms with Crippen molar-refractivity contribution in [3.05, 3.63) is 0 Å². The third-order valence-corrected chi connectivity index (χ3v) is 3.62. The zero-order valence-electron chi connectivity index (χ0n) is 13.8. The molecular weight excluding hydrogens is 254 g/mol. The van der Waals surface area contributed by atoms with E-state index in [2.05, 4.69) is 24.1 Å². The molecule has 0 aromatic carbocycles. The van der Waals surface area contributed by atoms with Gasteiger partial charge in [-0.2, -0.15) is 0 Å². The van der Waals surface area contributed by atoms with Gasteiger partial charge < -0.3 is 15.8 Å². The number of carbonyl (C=O) groups excluding carboxylic acids is 1. The van der Waals surface area contributed by atoms with Gasteiger partial charge in [-0.15, -0.1) is 0 Å². The molecule has 1 unspecified atom stereocenters. The number of amides is 1. The number of ether oxygens (including phenoxy) is 1. The van der Waals surface area contributed by atoms with Crippen molar-refractivity contribution in [3.63, 3.8) is 0 Å². The van der Waals surface area contributed by atoms with E-state index in [4.69, 9.17) is 10.5 Å². The number of primary amides is 1. The van der Waals surface area contributed by atoms with Crippen LogP contribution in [0, 0.1) is 0 Å². The molecule has 0 aromatic rings. The Labute approximate surface area is 124 Å². The fourth-order valence-electron chi connectivity index (χ4n) is 2.50. The molecule has 0 spiro atoms. The normalized spacial score (nSPS) is 13.4. The molecule has 0 aliphatic rings. The van der Waals surface area contributed by atoms with E-state index < -0.39 is 0 Å². The molecule has 5 heteroatoms. The van der Waals surface area contributed by atoms with Crippen LogP contribution in [-0.2, 0) is 9.53 Å². The summed E-state index contributed by atoms with van der Waals surface area (Å²) in [6.45, 7) is 10.9. The highest BCUT2D eigenvalue weighted by Crippen LogP contribution is 2.10. The molecule has 0 bridgehead atoms. The van der Waals surface area contributed by atoms with Crippen molar-refractivity contribution in [3.8, 4) is 0 Å². The first-order valence-electron chi connectivity index (χ1n) is 7.74. The average molecular weight is 287 g/mol. The Hall–Kier alpha value is -0.650. The van der Waals surface area contributed by atoms with Gasteiger partial charge in [0.15, 0.2) is 0 Å². The third kappa shape index (κ3) is 7.82. The molecule has 0 saturated heterocycles. The maximum atomic E-state index is 11.5. The Balaban J connectivity index is 4.49. The van der Waals surface area contributed by atoms with Gasteiger partial charge in [-0.3, -0.25) is 9.69 Å². The zero-order chi connectivity index (χ0) is 15.5. The van der Waals surface area contributed by atoms with Gasteiger partial charge in [-0.1, -0.05) is 27.7 Å². The third-order valence-electron chi connectivity index (χ3n) is 3.62. The lowest BCUT2D eigenvalue weighted by atomic mass is 10.1. The predicted octanol–water partition coefficient (Wildman–Crippen LogP) is 1.37. The molecular formula is C15H33N3O2. The molecule has 120 valence electrons. The zero-order valence-corrected chi connectivity index (χ0v) is 13.8. The summed E-state index contributed by atoms with van der Waals surface area (Å²) in [7, 11) is 1.72. The number of nitrogens with zero attached hydrogens (tertiary/aromatic N) is 1. The summed E-state index contributed by atoms with van der Waals surface area (Å²) < 4.78 is 5.18. The molecule has 0 aromatic heterocycles. The minimum atomic E-state index is -0.269. The SMILES string of the molecule is CCC(CC)N(CCOC)CCC(NC(C)C)C(N)=O. The molecule has 0 fully saturated rings. The summed E-state index contributed by atoms with van der Waals surface area (Å²) in [6.07, 6.45) is 2.96. The van der Waals surface area contributed by atoms with Crippen LogP contribution in [-0.4, -0.2) is 55.7 Å². The van der Waals surface area contributed by atoms with Crippen LogP contribution < -0.4 is 11.1 Å². The van der Waals surface area contributed by atoms with Crippen molar-refractivity contribution in [1.29, 1.82) is 0 Å². The van der Waals surface area contributed by atoms with Gasteiger partial charge in [-0.25, -0.2) is 0 Å². The highest BCUT2D eigenvalue weighted by molar-refractivity contribution is 5.79. The summed E-state index contributed by atoms with van der Waals surface area (Å²) in [5.41, 5.74) is 5.47. The molecule has 0 rings (SSSR count). The second-order valence-corrected chi connectivity index (χ2v) is 5.56. The first-order chi connectivity index (χ1) is 9.46. The molecule has 1 atom stereocenters. The van der Waals surface area contributed by atoms with Crippen LogP contribution in [0.2, 0.25) is 0 Å². The van der Waals surface area contributed by atoms with Gasteiger partial charge >= 0.3 is 0 Å². The maximum Gasteiger partial charge on any atom is 0.234 e. The van der Waals surface area contributed by atoms with E-state index in [1.807, 2.05) is 13.8 Å². The summed E-state index contributed by atoms with van der Waals surface area (Å²) in [6, 6.07) is 0.542. The fraction of sp³-hybridized carbons (Fsp3) is 0.933. The second kappa shape index (κ2) is 11.1. The van der Waals surface area contributed by atoms with Gasteiger partial charge in [0.1, 0.15) is 0 Å². The minimum Gasteiger partial charge on any atom is -0.383 e. The van der Waals surface area contributed by atoms with E-state index in [1.165, 1.54) is 0 Å². The van der Waals surface area contributed by atoms with Crippen LogP contribution in [0.4, 0.5) is 0 Å². The molecule has 0 aliphatic heterocycles. The summed E-state index contributed by atoms with van der Waals surface area (Å²) in [4.78, 5) is 13.9. The monoisotopic (exact) mass is 287 g/mol. The molecule has 1 amide bonds. The number of hydrogen-bond donors (Lipinski definition) is 2. The van der Waals surface area contributed by atoms with Crippen molar-refractivity contribution in [1.82, 2.24) is 10.2 Å². The lowest BCUT2D eigenvalue weighted by Gasteiger charge is -2.31. The Morgan fingerprint density at radius 2 is 1.85 bits per heavy atom. The van der Waals surface area contributed by atoms with Crippen molar-refractivity contribution < 1.29 is 9.53 Å². The van der Waals surface area contributed by atoms with Gasteiger partial charge in [0.05, 0.1) is 12.6 Å². The van der Waals surface area contributed by atoms with Crippen LogP contribution >= 0.6 is 0 Å². The average Bonchev–Trinajstić information content (AvgIpc) is 2.39. The summed E-state index contributed by atoms with van der Waals surface area (Å²) in [5, 5.41) is 3.23. The Bertz CT molecular complexity index is 256. The van der Waals surface area contributed by atoms with E-state index in [9.17, 15) is 4.79 Å². The van der Waals surface area contributed by atoms with Crippen LogP contribution in [0.1, 0.15) is 47.0 Å². The number of nitrogens with two attached hydrogens (primary N) is 1. The van der Waals surface area contributed by atoms with Gasteiger partial charge in [0, 0.05) is 32.3 Å². The smallest absolute Gasteiger partial charge is 0.234 e. The fourth-order valence-corrected chi connectivity index (χ4v) is 2.50. The Kier molecular flexibility index (Phi) is 10.7. The van der Waals surface area contributed by atoms with Crippen LogP contribution in [0.3, 0.4) is 0 Å². The molecule has 0 saturated carbocycles. The molecule has 20 heavy (non-hydrogen) atoms. The lowest BCUT2D eigenvalue weighted by molar-refractivity contribution is -0.120. The maximum absolute atomic E-state index is 11.5. The standard InChI is InChI=1S/C15H33N3O2/c1-6-13(7-2)18(10-11-20-5)9-8-14(15(16)19)17-12(3)4/h12-14,17H,6-11H2,1-5H3,(H2,16,19). The quantitative estimate of drug-likeness (QED) is 0.569. The highest BCUT2D eigenvalue weighted by Gasteiger charge is 2.20. The minimum absolute atomic E-state index is 0.255. The summed E-state index contributed by atoms with van der Waals surface area (Å²) >= 11 is 0. The predicted molar refractivity (Wildman–Crippen MR) is 83.7 cm³/mol. The van der Waals surface area contributed by atoms with Crippen LogP contribution in [0.15, 0.2) is 0 Å². The molecule has 5 nitrogen and oxygen atoms in total. The molecule has 3 N–H and O–H groups in total. The molecule has 0 heterocycles. The Morgan fingerprint density at radius 1 is 1.25 bits per heavy atom. The first kappa shape index (κ1) is 19.4. The molecule has 0 aliphatic carbocycles. The van der Waals surface area contributed by atoms with Gasteiger partial charge in [0.2, 0.25) is 5.91 Å². The largest absolute Gasteiger partial charge is 0.383 e. The van der Waals surface area contributed by atoms with Gasteiger partial charge in [0.25, 0.3) is 0 Å². The topological polar surface area (TPSA) is 67.6 Å². The van der Waals surface area contributed by atoms with E-state index in [1.54, 1.807) is 7.11 Å². The number of rotatable bonds is 12.